The maximum Gasteiger partial charge on any atom is 0.319 e. The average molecular weight is 414 g/mol. The summed E-state index contributed by atoms with van der Waals surface area (Å²) in [5.74, 6) is 0.101. The summed E-state index contributed by atoms with van der Waals surface area (Å²) >= 11 is 0. The maximum absolute atomic E-state index is 12.6. The minimum absolute atomic E-state index is 0.101. The van der Waals surface area contributed by atoms with Crippen LogP contribution in [-0.2, 0) is 19.4 Å². The van der Waals surface area contributed by atoms with Crippen LogP contribution in [0.2, 0.25) is 0 Å². The van der Waals surface area contributed by atoms with E-state index in [0.29, 0.717) is 12.1 Å². The van der Waals surface area contributed by atoms with Gasteiger partial charge in [0.15, 0.2) is 0 Å². The molecule has 1 heterocycles. The van der Waals surface area contributed by atoms with Crippen LogP contribution in [0.15, 0.2) is 54.6 Å². The van der Waals surface area contributed by atoms with Crippen molar-refractivity contribution in [1.82, 2.24) is 10.2 Å². The quantitative estimate of drug-likeness (QED) is 0.640. The lowest BCUT2D eigenvalue weighted by molar-refractivity contribution is 0.0724. The first-order valence-corrected chi connectivity index (χ1v) is 11.2. The molecule has 0 unspecified atom stereocenters. The molecule has 3 aromatic carbocycles. The van der Waals surface area contributed by atoms with Gasteiger partial charge in [0.25, 0.3) is 5.91 Å². The Morgan fingerprint density at radius 1 is 0.839 bits per heavy atom. The third kappa shape index (κ3) is 4.00. The van der Waals surface area contributed by atoms with Crippen LogP contribution in [0.3, 0.4) is 0 Å². The van der Waals surface area contributed by atoms with E-state index < -0.39 is 0 Å². The second-order valence-electron chi connectivity index (χ2n) is 8.47. The topological polar surface area (TPSA) is 61.4 Å². The standard InChI is InChI=1S/C26H27N3O2/c30-25(29-15-2-1-3-16-29)21-9-7-18(8-10-21)17-27-26(31)28-23-14-13-20-12-11-19-5-4-6-22(23)24(19)20/h4-10,13-14H,1-3,11-12,15-17H2,(H2,27,28,31). The van der Waals surface area contributed by atoms with Gasteiger partial charge in [-0.25, -0.2) is 4.79 Å². The second-order valence-corrected chi connectivity index (χ2v) is 8.47. The van der Waals surface area contributed by atoms with E-state index in [9.17, 15) is 9.59 Å². The van der Waals surface area contributed by atoms with Gasteiger partial charge in [0.2, 0.25) is 0 Å². The summed E-state index contributed by atoms with van der Waals surface area (Å²) < 4.78 is 0. The minimum Gasteiger partial charge on any atom is -0.339 e. The Balaban J connectivity index is 1.20. The summed E-state index contributed by atoms with van der Waals surface area (Å²) in [6.45, 7) is 2.10. The number of urea groups is 1. The van der Waals surface area contributed by atoms with Crippen molar-refractivity contribution in [2.75, 3.05) is 18.4 Å². The molecule has 158 valence electrons. The van der Waals surface area contributed by atoms with Gasteiger partial charge in [-0.05, 0) is 72.4 Å². The highest BCUT2D eigenvalue weighted by Crippen LogP contribution is 2.34. The number of rotatable bonds is 4. The van der Waals surface area contributed by atoms with Crippen LogP contribution in [0.25, 0.3) is 10.8 Å². The normalized spacial score (nSPS) is 15.2. The average Bonchev–Trinajstić information content (AvgIpc) is 3.25. The fourth-order valence-electron chi connectivity index (χ4n) is 4.75. The third-order valence-corrected chi connectivity index (χ3v) is 6.42. The highest BCUT2D eigenvalue weighted by molar-refractivity contribution is 6.04. The number of nitrogens with one attached hydrogen (secondary N) is 2. The van der Waals surface area contributed by atoms with E-state index in [1.807, 2.05) is 35.2 Å². The lowest BCUT2D eigenvalue weighted by Gasteiger charge is -2.26. The van der Waals surface area contributed by atoms with Crippen molar-refractivity contribution < 1.29 is 9.59 Å². The Labute approximate surface area is 182 Å². The Bertz CT molecular complexity index is 1120. The van der Waals surface area contributed by atoms with E-state index in [1.54, 1.807) is 0 Å². The summed E-state index contributed by atoms with van der Waals surface area (Å²) in [6, 6.07) is 17.7. The van der Waals surface area contributed by atoms with Gasteiger partial charge in [-0.3, -0.25) is 4.79 Å². The zero-order valence-corrected chi connectivity index (χ0v) is 17.6. The van der Waals surface area contributed by atoms with Crippen molar-refractivity contribution in [2.45, 2.75) is 38.6 Å². The van der Waals surface area contributed by atoms with E-state index >= 15 is 0 Å². The Kier molecular flexibility index (Phi) is 5.33. The molecule has 0 atom stereocenters. The van der Waals surface area contributed by atoms with Crippen molar-refractivity contribution in [1.29, 1.82) is 0 Å². The first-order valence-electron chi connectivity index (χ1n) is 11.2. The van der Waals surface area contributed by atoms with Gasteiger partial charge < -0.3 is 15.5 Å². The summed E-state index contributed by atoms with van der Waals surface area (Å²) in [4.78, 5) is 27.0. The molecule has 0 radical (unpaired) electrons. The molecule has 0 bridgehead atoms. The highest BCUT2D eigenvalue weighted by Gasteiger charge is 2.18. The first-order chi connectivity index (χ1) is 15.2. The number of likely N-dealkylation sites (tertiary alicyclic amines) is 1. The lowest BCUT2D eigenvalue weighted by Crippen LogP contribution is -2.35. The number of carbonyl (C=O) groups is 2. The number of amides is 3. The van der Waals surface area contributed by atoms with Gasteiger partial charge in [0, 0.05) is 30.6 Å². The predicted octanol–water partition coefficient (Wildman–Crippen LogP) is 4.89. The molecular formula is C26H27N3O2. The summed E-state index contributed by atoms with van der Waals surface area (Å²) in [7, 11) is 0. The van der Waals surface area contributed by atoms with Gasteiger partial charge in [0.05, 0.1) is 5.69 Å². The fourth-order valence-corrected chi connectivity index (χ4v) is 4.75. The van der Waals surface area contributed by atoms with Crippen LogP contribution < -0.4 is 10.6 Å². The van der Waals surface area contributed by atoms with Gasteiger partial charge in [0.1, 0.15) is 0 Å². The molecule has 1 aliphatic heterocycles. The molecule has 5 nitrogen and oxygen atoms in total. The maximum atomic E-state index is 12.6. The van der Waals surface area contributed by atoms with Crippen LogP contribution >= 0.6 is 0 Å². The Morgan fingerprint density at radius 3 is 2.35 bits per heavy atom. The lowest BCUT2D eigenvalue weighted by atomic mass is 10.0. The molecule has 0 spiro atoms. The van der Waals surface area contributed by atoms with Crippen LogP contribution in [0.4, 0.5) is 10.5 Å². The third-order valence-electron chi connectivity index (χ3n) is 6.42. The van der Waals surface area contributed by atoms with Gasteiger partial charge >= 0.3 is 6.03 Å². The second kappa shape index (κ2) is 8.42. The molecule has 3 aromatic rings. The molecule has 1 fully saturated rings. The molecule has 5 rings (SSSR count). The molecule has 0 aromatic heterocycles. The molecule has 1 saturated heterocycles. The monoisotopic (exact) mass is 413 g/mol. The van der Waals surface area contributed by atoms with E-state index in [2.05, 4.69) is 34.9 Å². The summed E-state index contributed by atoms with van der Waals surface area (Å²) in [6.07, 6.45) is 5.51. The number of anilines is 1. The SMILES string of the molecule is O=C(NCc1ccc(C(=O)N2CCCCC2)cc1)Nc1ccc2c3c(cccc13)CC2. The number of aryl methyl sites for hydroxylation is 2. The number of piperidine rings is 1. The molecule has 1 aliphatic carbocycles. The Morgan fingerprint density at radius 2 is 1.58 bits per heavy atom. The van der Waals surface area contributed by atoms with Crippen molar-refractivity contribution in [3.8, 4) is 0 Å². The van der Waals surface area contributed by atoms with Crippen molar-refractivity contribution in [3.63, 3.8) is 0 Å². The van der Waals surface area contributed by atoms with Crippen LogP contribution in [0, 0.1) is 0 Å². The molecule has 2 N–H and O–H groups in total. The highest BCUT2D eigenvalue weighted by atomic mass is 16.2. The van der Waals surface area contributed by atoms with Crippen LogP contribution in [-0.4, -0.2) is 29.9 Å². The minimum atomic E-state index is -0.229. The van der Waals surface area contributed by atoms with Crippen LogP contribution in [0.5, 0.6) is 0 Å². The summed E-state index contributed by atoms with van der Waals surface area (Å²) in [5, 5.41) is 8.31. The van der Waals surface area contributed by atoms with Crippen molar-refractivity contribution >= 4 is 28.4 Å². The Hall–Kier alpha value is -3.34. The van der Waals surface area contributed by atoms with Gasteiger partial charge in [-0.15, -0.1) is 0 Å². The van der Waals surface area contributed by atoms with E-state index in [4.69, 9.17) is 0 Å². The predicted molar refractivity (Wildman–Crippen MR) is 123 cm³/mol. The summed E-state index contributed by atoms with van der Waals surface area (Å²) in [5.41, 5.74) is 5.22. The van der Waals surface area contributed by atoms with E-state index in [1.165, 1.54) is 22.9 Å². The number of hydrogen-bond donors (Lipinski definition) is 2. The molecular weight excluding hydrogens is 386 g/mol. The zero-order valence-electron chi connectivity index (χ0n) is 17.6. The van der Waals surface area contributed by atoms with Crippen molar-refractivity contribution in [2.24, 2.45) is 0 Å². The number of nitrogens with zero attached hydrogens (tertiary/aromatic N) is 1. The molecule has 3 amide bonds. The molecule has 31 heavy (non-hydrogen) atoms. The zero-order chi connectivity index (χ0) is 21.2. The van der Waals surface area contributed by atoms with Crippen molar-refractivity contribution in [3.05, 3.63) is 76.9 Å². The number of carbonyl (C=O) groups excluding carboxylic acids is 2. The smallest absolute Gasteiger partial charge is 0.319 e. The van der Waals surface area contributed by atoms with Crippen LogP contribution in [0.1, 0.15) is 46.3 Å². The molecule has 0 saturated carbocycles. The fraction of sp³-hybridized carbons (Fsp3) is 0.308. The van der Waals surface area contributed by atoms with E-state index in [0.717, 1.165) is 55.4 Å². The van der Waals surface area contributed by atoms with Gasteiger partial charge in [-0.2, -0.15) is 0 Å². The number of benzene rings is 3. The largest absolute Gasteiger partial charge is 0.339 e. The molecule has 5 heteroatoms. The van der Waals surface area contributed by atoms with Gasteiger partial charge in [-0.1, -0.05) is 36.4 Å². The first kappa shape index (κ1) is 19.6. The van der Waals surface area contributed by atoms with E-state index in [-0.39, 0.29) is 11.9 Å². The number of hydrogen-bond acceptors (Lipinski definition) is 2. The molecule has 2 aliphatic rings.